The van der Waals surface area contributed by atoms with Crippen LogP contribution in [0.25, 0.3) is 10.1 Å². The van der Waals surface area contributed by atoms with Crippen LogP contribution in [0.5, 0.6) is 0 Å². The molecule has 0 aliphatic rings. The predicted octanol–water partition coefficient (Wildman–Crippen LogP) is 3.13. The number of carbonyl (C=O) groups is 2. The Morgan fingerprint density at radius 2 is 2.10 bits per heavy atom. The lowest BCUT2D eigenvalue weighted by Gasteiger charge is -2.11. The van der Waals surface area contributed by atoms with Gasteiger partial charge in [-0.1, -0.05) is 31.5 Å². The van der Waals surface area contributed by atoms with E-state index in [-0.39, 0.29) is 12.5 Å². The van der Waals surface area contributed by atoms with Crippen molar-refractivity contribution in [3.05, 3.63) is 35.2 Å². The van der Waals surface area contributed by atoms with Gasteiger partial charge in [-0.05, 0) is 23.9 Å². The molecular weight excluding hydrogens is 274 g/mol. The summed E-state index contributed by atoms with van der Waals surface area (Å²) in [4.78, 5) is 23.7. The van der Waals surface area contributed by atoms with Crippen LogP contribution in [0.1, 0.15) is 29.4 Å². The van der Waals surface area contributed by atoms with Crippen molar-refractivity contribution in [2.45, 2.75) is 19.8 Å². The molecule has 1 unspecified atom stereocenters. The second-order valence-corrected chi connectivity index (χ2v) is 5.77. The molecule has 1 heterocycles. The maximum absolute atomic E-state index is 12.1. The van der Waals surface area contributed by atoms with E-state index in [0.29, 0.717) is 11.3 Å². The molecule has 5 heteroatoms. The molecule has 106 valence electrons. The fraction of sp³-hybridized carbons (Fsp3) is 0.333. The van der Waals surface area contributed by atoms with Gasteiger partial charge in [0.05, 0.1) is 10.8 Å². The summed E-state index contributed by atoms with van der Waals surface area (Å²) < 4.78 is 1.06. The first-order valence-electron chi connectivity index (χ1n) is 6.61. The predicted molar refractivity (Wildman–Crippen MR) is 80.2 cm³/mol. The van der Waals surface area contributed by atoms with Crippen LogP contribution in [0.15, 0.2) is 30.3 Å². The monoisotopic (exact) mass is 291 g/mol. The number of carboxylic acid groups (broad SMARTS) is 1. The van der Waals surface area contributed by atoms with Crippen molar-refractivity contribution in [2.24, 2.45) is 5.92 Å². The van der Waals surface area contributed by atoms with Gasteiger partial charge >= 0.3 is 5.97 Å². The molecule has 2 rings (SSSR count). The number of fused-ring (bicyclic) bond motifs is 1. The molecule has 0 saturated carbocycles. The van der Waals surface area contributed by atoms with Crippen molar-refractivity contribution in [2.75, 3.05) is 6.54 Å². The van der Waals surface area contributed by atoms with Gasteiger partial charge in [-0.3, -0.25) is 9.59 Å². The van der Waals surface area contributed by atoms with Crippen molar-refractivity contribution in [1.82, 2.24) is 5.32 Å². The second kappa shape index (κ2) is 6.52. The molecule has 20 heavy (non-hydrogen) atoms. The van der Waals surface area contributed by atoms with Gasteiger partial charge in [0, 0.05) is 11.2 Å². The van der Waals surface area contributed by atoms with Gasteiger partial charge in [0.25, 0.3) is 5.91 Å². The van der Waals surface area contributed by atoms with Gasteiger partial charge < -0.3 is 10.4 Å². The Hall–Kier alpha value is -1.88. The largest absolute Gasteiger partial charge is 0.481 e. The number of nitrogens with one attached hydrogen (secondary N) is 1. The molecule has 1 atom stereocenters. The molecular formula is C15H17NO3S. The van der Waals surface area contributed by atoms with Gasteiger partial charge in [0.2, 0.25) is 0 Å². The molecule has 4 nitrogen and oxygen atoms in total. The fourth-order valence-corrected chi connectivity index (χ4v) is 3.04. The highest BCUT2D eigenvalue weighted by molar-refractivity contribution is 7.20. The van der Waals surface area contributed by atoms with Gasteiger partial charge in [-0.2, -0.15) is 0 Å². The fourth-order valence-electron chi connectivity index (χ4n) is 2.06. The van der Waals surface area contributed by atoms with Crippen molar-refractivity contribution in [3.63, 3.8) is 0 Å². The molecule has 1 aromatic carbocycles. The van der Waals surface area contributed by atoms with E-state index < -0.39 is 11.9 Å². The number of amides is 1. The zero-order chi connectivity index (χ0) is 14.5. The SMILES string of the molecule is CCCC(CNC(=O)c1cc2ccccc2s1)C(=O)O. The number of carboxylic acids is 1. The van der Waals surface area contributed by atoms with Gasteiger partial charge in [0.15, 0.2) is 0 Å². The summed E-state index contributed by atoms with van der Waals surface area (Å²) in [7, 11) is 0. The number of aliphatic carboxylic acids is 1. The summed E-state index contributed by atoms with van der Waals surface area (Å²) in [6.45, 7) is 2.11. The van der Waals surface area contributed by atoms with E-state index in [1.165, 1.54) is 11.3 Å². The van der Waals surface area contributed by atoms with Gasteiger partial charge in [-0.25, -0.2) is 0 Å². The zero-order valence-corrected chi connectivity index (χ0v) is 12.1. The van der Waals surface area contributed by atoms with Crippen LogP contribution in [0.3, 0.4) is 0 Å². The lowest BCUT2D eigenvalue weighted by molar-refractivity contribution is -0.141. The highest BCUT2D eigenvalue weighted by Crippen LogP contribution is 2.25. The summed E-state index contributed by atoms with van der Waals surface area (Å²) in [5.74, 6) is -1.57. The minimum absolute atomic E-state index is 0.177. The van der Waals surface area contributed by atoms with Crippen LogP contribution >= 0.6 is 11.3 Å². The molecule has 2 N–H and O–H groups in total. The first-order valence-corrected chi connectivity index (χ1v) is 7.43. The summed E-state index contributed by atoms with van der Waals surface area (Å²) >= 11 is 1.42. The van der Waals surface area contributed by atoms with Crippen LogP contribution in [0.2, 0.25) is 0 Å². The lowest BCUT2D eigenvalue weighted by atomic mass is 10.0. The van der Waals surface area contributed by atoms with Crippen molar-refractivity contribution < 1.29 is 14.7 Å². The number of benzene rings is 1. The second-order valence-electron chi connectivity index (χ2n) is 4.68. The number of hydrogen-bond donors (Lipinski definition) is 2. The third-order valence-corrected chi connectivity index (χ3v) is 4.26. The molecule has 0 spiro atoms. The van der Waals surface area contributed by atoms with Crippen molar-refractivity contribution in [1.29, 1.82) is 0 Å². The highest BCUT2D eigenvalue weighted by Gasteiger charge is 2.18. The van der Waals surface area contributed by atoms with E-state index in [1.807, 2.05) is 37.3 Å². The average molecular weight is 291 g/mol. The Morgan fingerprint density at radius 1 is 1.35 bits per heavy atom. The number of thiophene rings is 1. The standard InChI is InChI=1S/C15H17NO3S/c1-2-5-11(15(18)19)9-16-14(17)13-8-10-6-3-4-7-12(10)20-13/h3-4,6-8,11H,2,5,9H2,1H3,(H,16,17)(H,18,19). The summed E-state index contributed by atoms with van der Waals surface area (Å²) in [6, 6.07) is 9.62. The van der Waals surface area contributed by atoms with Crippen LogP contribution < -0.4 is 5.32 Å². The first-order chi connectivity index (χ1) is 9.61. The third kappa shape index (κ3) is 3.36. The van der Waals surface area contributed by atoms with Crippen LogP contribution in [0.4, 0.5) is 0 Å². The van der Waals surface area contributed by atoms with Gasteiger partial charge in [0.1, 0.15) is 0 Å². The van der Waals surface area contributed by atoms with Crippen molar-refractivity contribution >= 4 is 33.3 Å². The number of hydrogen-bond acceptors (Lipinski definition) is 3. The molecule has 0 saturated heterocycles. The average Bonchev–Trinajstić information content (AvgIpc) is 2.86. The number of carbonyl (C=O) groups excluding carboxylic acids is 1. The Kier molecular flexibility index (Phi) is 4.74. The molecule has 0 bridgehead atoms. The van der Waals surface area contributed by atoms with E-state index in [1.54, 1.807) is 0 Å². The maximum atomic E-state index is 12.1. The first kappa shape index (κ1) is 14.5. The lowest BCUT2D eigenvalue weighted by Crippen LogP contribution is -2.32. The quantitative estimate of drug-likeness (QED) is 0.859. The normalized spacial score (nSPS) is 12.2. The molecule has 1 amide bonds. The van der Waals surface area contributed by atoms with Crippen LogP contribution in [-0.4, -0.2) is 23.5 Å². The number of rotatable bonds is 6. The minimum atomic E-state index is -0.858. The maximum Gasteiger partial charge on any atom is 0.308 e. The smallest absolute Gasteiger partial charge is 0.308 e. The van der Waals surface area contributed by atoms with E-state index >= 15 is 0 Å². The van der Waals surface area contributed by atoms with Crippen molar-refractivity contribution in [3.8, 4) is 0 Å². The van der Waals surface area contributed by atoms with Crippen LogP contribution in [-0.2, 0) is 4.79 Å². The molecule has 1 aromatic heterocycles. The van der Waals surface area contributed by atoms with E-state index in [4.69, 9.17) is 5.11 Å². The Labute approximate surface area is 121 Å². The van der Waals surface area contributed by atoms with E-state index in [2.05, 4.69) is 5.32 Å². The van der Waals surface area contributed by atoms with E-state index in [9.17, 15) is 9.59 Å². The molecule has 0 aliphatic heterocycles. The van der Waals surface area contributed by atoms with Crippen LogP contribution in [0, 0.1) is 5.92 Å². The Morgan fingerprint density at radius 3 is 2.75 bits per heavy atom. The topological polar surface area (TPSA) is 66.4 Å². The van der Waals surface area contributed by atoms with Gasteiger partial charge in [-0.15, -0.1) is 11.3 Å². The molecule has 0 aliphatic carbocycles. The molecule has 2 aromatic rings. The Bertz CT molecular complexity index is 587. The Balaban J connectivity index is 2.02. The summed E-state index contributed by atoms with van der Waals surface area (Å²) in [5, 5.41) is 12.8. The van der Waals surface area contributed by atoms with E-state index in [0.717, 1.165) is 16.5 Å². The summed E-state index contributed by atoms with van der Waals surface area (Å²) in [6.07, 6.45) is 1.36. The molecule has 0 radical (unpaired) electrons. The summed E-state index contributed by atoms with van der Waals surface area (Å²) in [5.41, 5.74) is 0. The zero-order valence-electron chi connectivity index (χ0n) is 11.3. The highest BCUT2D eigenvalue weighted by atomic mass is 32.1. The molecule has 0 fully saturated rings. The minimum Gasteiger partial charge on any atom is -0.481 e. The third-order valence-electron chi connectivity index (χ3n) is 3.14.